The van der Waals surface area contributed by atoms with Crippen molar-refractivity contribution in [3.63, 3.8) is 0 Å². The van der Waals surface area contributed by atoms with E-state index in [0.29, 0.717) is 34.6 Å². The zero-order chi connectivity index (χ0) is 24.0. The van der Waals surface area contributed by atoms with Gasteiger partial charge in [0.1, 0.15) is 11.6 Å². The molecule has 5 rings (SSSR count). The summed E-state index contributed by atoms with van der Waals surface area (Å²) in [6, 6.07) is 15.5. The predicted molar refractivity (Wildman–Crippen MR) is 130 cm³/mol. The number of carbonyl (C=O) groups is 1. The molecule has 1 atom stereocenters. The van der Waals surface area contributed by atoms with E-state index in [0.717, 1.165) is 5.56 Å². The van der Waals surface area contributed by atoms with Gasteiger partial charge in [0.2, 0.25) is 0 Å². The van der Waals surface area contributed by atoms with E-state index in [1.54, 1.807) is 42.8 Å². The quantitative estimate of drug-likeness (QED) is 0.477. The van der Waals surface area contributed by atoms with Crippen molar-refractivity contribution in [2.45, 2.75) is 26.3 Å². The van der Waals surface area contributed by atoms with E-state index in [1.165, 1.54) is 0 Å². The number of nitrogens with one attached hydrogen (secondary N) is 1. The monoisotopic (exact) mass is 477 g/mol. The standard InChI is InChI=1S/C25H23N3O5S/c1-15-13-21(28(27-15)18-11-12-34(31,32)14-18)26-25(30)20-10-6-9-19-22(29)16(2)23(33-24(19)20)17-7-4-3-5-8-17/h3-10,13,18H,11-12,14H2,1-2H3,(H,26,30). The van der Waals surface area contributed by atoms with Gasteiger partial charge in [-0.05, 0) is 32.4 Å². The fourth-order valence-electron chi connectivity index (χ4n) is 4.39. The lowest BCUT2D eigenvalue weighted by Gasteiger charge is -2.14. The van der Waals surface area contributed by atoms with Gasteiger partial charge in [0.15, 0.2) is 20.8 Å². The van der Waals surface area contributed by atoms with Crippen LogP contribution in [0.15, 0.2) is 63.8 Å². The largest absolute Gasteiger partial charge is 0.455 e. The molecule has 2 aromatic carbocycles. The van der Waals surface area contributed by atoms with Crippen molar-refractivity contribution in [2.75, 3.05) is 16.8 Å². The third kappa shape index (κ3) is 3.92. The maximum atomic E-state index is 13.3. The van der Waals surface area contributed by atoms with E-state index in [1.807, 2.05) is 30.3 Å². The van der Waals surface area contributed by atoms with Crippen LogP contribution in [0.5, 0.6) is 0 Å². The molecule has 8 nitrogen and oxygen atoms in total. The van der Waals surface area contributed by atoms with E-state index in [2.05, 4.69) is 10.4 Å². The maximum Gasteiger partial charge on any atom is 0.260 e. The van der Waals surface area contributed by atoms with Gasteiger partial charge >= 0.3 is 0 Å². The highest BCUT2D eigenvalue weighted by Crippen LogP contribution is 2.30. The van der Waals surface area contributed by atoms with Crippen LogP contribution in [0.25, 0.3) is 22.3 Å². The van der Waals surface area contributed by atoms with E-state index < -0.39 is 15.7 Å². The van der Waals surface area contributed by atoms with Crippen LogP contribution in [-0.2, 0) is 9.84 Å². The average molecular weight is 478 g/mol. The van der Waals surface area contributed by atoms with Crippen LogP contribution in [0.4, 0.5) is 5.82 Å². The van der Waals surface area contributed by atoms with E-state index in [9.17, 15) is 18.0 Å². The summed E-state index contributed by atoms with van der Waals surface area (Å²) in [5, 5.41) is 7.57. The number of rotatable bonds is 4. The van der Waals surface area contributed by atoms with E-state index in [4.69, 9.17) is 4.42 Å². The molecule has 3 heterocycles. The maximum absolute atomic E-state index is 13.3. The van der Waals surface area contributed by atoms with Gasteiger partial charge in [0.25, 0.3) is 5.91 Å². The summed E-state index contributed by atoms with van der Waals surface area (Å²) in [4.78, 5) is 26.4. The summed E-state index contributed by atoms with van der Waals surface area (Å²) in [6.45, 7) is 3.48. The van der Waals surface area contributed by atoms with E-state index in [-0.39, 0.29) is 34.1 Å². The van der Waals surface area contributed by atoms with E-state index >= 15 is 0 Å². The van der Waals surface area contributed by atoms with Gasteiger partial charge in [-0.15, -0.1) is 0 Å². The van der Waals surface area contributed by atoms with Crippen molar-refractivity contribution in [3.05, 3.63) is 81.6 Å². The summed E-state index contributed by atoms with van der Waals surface area (Å²) >= 11 is 0. The number of amides is 1. The Morgan fingerprint density at radius 3 is 2.59 bits per heavy atom. The van der Waals surface area contributed by atoms with Crippen LogP contribution in [0.2, 0.25) is 0 Å². The van der Waals surface area contributed by atoms with Crippen LogP contribution in [0.1, 0.15) is 34.1 Å². The lowest BCUT2D eigenvalue weighted by molar-refractivity contribution is 0.102. The van der Waals surface area contributed by atoms with Gasteiger partial charge in [0.05, 0.1) is 34.2 Å². The molecule has 0 spiro atoms. The number of carbonyl (C=O) groups excluding carboxylic acids is 1. The molecule has 1 saturated heterocycles. The summed E-state index contributed by atoms with van der Waals surface area (Å²) in [5.74, 6) is 0.424. The molecule has 1 fully saturated rings. The topological polar surface area (TPSA) is 111 Å². The molecule has 2 aromatic heterocycles. The highest BCUT2D eigenvalue weighted by molar-refractivity contribution is 7.91. The van der Waals surface area contributed by atoms with Crippen molar-refractivity contribution in [2.24, 2.45) is 0 Å². The molecule has 1 aliphatic rings. The summed E-state index contributed by atoms with van der Waals surface area (Å²) in [7, 11) is -3.12. The molecule has 4 aromatic rings. The Morgan fingerprint density at radius 1 is 1.12 bits per heavy atom. The second-order valence-electron chi connectivity index (χ2n) is 8.56. The summed E-state index contributed by atoms with van der Waals surface area (Å²) in [6.07, 6.45) is 0.440. The first kappa shape index (κ1) is 22.1. The fourth-order valence-corrected chi connectivity index (χ4v) is 6.09. The Labute approximate surface area is 196 Å². The molecule has 34 heavy (non-hydrogen) atoms. The number of fused-ring (bicyclic) bond motifs is 1. The minimum atomic E-state index is -3.12. The molecule has 0 aliphatic carbocycles. The lowest BCUT2D eigenvalue weighted by atomic mass is 10.0. The molecular formula is C25H23N3O5S. The first-order valence-electron chi connectivity index (χ1n) is 10.9. The second-order valence-corrected chi connectivity index (χ2v) is 10.8. The van der Waals surface area contributed by atoms with Crippen molar-refractivity contribution < 1.29 is 17.6 Å². The minimum Gasteiger partial charge on any atom is -0.455 e. The van der Waals surface area contributed by atoms with Crippen LogP contribution in [-0.4, -0.2) is 35.6 Å². The third-order valence-corrected chi connectivity index (χ3v) is 7.83. The molecular weight excluding hydrogens is 454 g/mol. The Kier molecular flexibility index (Phi) is 5.36. The van der Waals surface area contributed by atoms with Crippen LogP contribution in [0.3, 0.4) is 0 Å². The second kappa shape index (κ2) is 8.25. The van der Waals surface area contributed by atoms with Crippen molar-refractivity contribution in [1.82, 2.24) is 9.78 Å². The third-order valence-electron chi connectivity index (χ3n) is 6.08. The van der Waals surface area contributed by atoms with Gasteiger partial charge in [-0.3, -0.25) is 9.59 Å². The summed E-state index contributed by atoms with van der Waals surface area (Å²) in [5.41, 5.74) is 2.06. The smallest absolute Gasteiger partial charge is 0.260 e. The minimum absolute atomic E-state index is 0.0140. The number of aryl methyl sites for hydroxylation is 1. The molecule has 9 heteroatoms. The molecule has 0 radical (unpaired) electrons. The first-order valence-corrected chi connectivity index (χ1v) is 12.8. The Hall–Kier alpha value is -3.72. The predicted octanol–water partition coefficient (Wildman–Crippen LogP) is 3.89. The Morgan fingerprint density at radius 2 is 1.88 bits per heavy atom. The number of hydrogen-bond acceptors (Lipinski definition) is 6. The molecule has 1 N–H and O–H groups in total. The number of aromatic nitrogens is 2. The van der Waals surface area contributed by atoms with Crippen LogP contribution < -0.4 is 10.7 Å². The highest BCUT2D eigenvalue weighted by Gasteiger charge is 2.31. The molecule has 0 saturated carbocycles. The Balaban J connectivity index is 1.57. The molecule has 174 valence electrons. The van der Waals surface area contributed by atoms with Gasteiger partial charge in [-0.1, -0.05) is 36.4 Å². The van der Waals surface area contributed by atoms with Gasteiger partial charge < -0.3 is 9.73 Å². The number of sulfone groups is 1. The zero-order valence-electron chi connectivity index (χ0n) is 18.7. The number of nitrogens with zero attached hydrogens (tertiary/aromatic N) is 2. The van der Waals surface area contributed by atoms with Crippen LogP contribution in [0, 0.1) is 13.8 Å². The molecule has 1 amide bonds. The van der Waals surface area contributed by atoms with Crippen molar-refractivity contribution >= 4 is 32.5 Å². The number of hydrogen-bond donors (Lipinski definition) is 1. The molecule has 0 bridgehead atoms. The number of benzene rings is 2. The number of para-hydroxylation sites is 1. The van der Waals surface area contributed by atoms with Crippen molar-refractivity contribution in [1.29, 1.82) is 0 Å². The number of anilines is 1. The van der Waals surface area contributed by atoms with Crippen LogP contribution >= 0.6 is 0 Å². The van der Waals surface area contributed by atoms with Gasteiger partial charge in [0, 0.05) is 17.2 Å². The SMILES string of the molecule is Cc1cc(NC(=O)c2cccc3c(=O)c(C)c(-c4ccccc4)oc23)n(C2CCS(=O)(=O)C2)n1. The average Bonchev–Trinajstić information content (AvgIpc) is 3.37. The first-order chi connectivity index (χ1) is 16.2. The fraction of sp³-hybridized carbons (Fsp3) is 0.240. The summed E-state index contributed by atoms with van der Waals surface area (Å²) < 4.78 is 31.6. The van der Waals surface area contributed by atoms with Gasteiger partial charge in [-0.25, -0.2) is 13.1 Å². The van der Waals surface area contributed by atoms with Gasteiger partial charge in [-0.2, -0.15) is 5.10 Å². The van der Waals surface area contributed by atoms with Crippen molar-refractivity contribution in [3.8, 4) is 11.3 Å². The highest BCUT2D eigenvalue weighted by atomic mass is 32.2. The molecule has 1 aliphatic heterocycles. The molecule has 1 unspecified atom stereocenters. The lowest BCUT2D eigenvalue weighted by Crippen LogP contribution is -2.20. The zero-order valence-corrected chi connectivity index (χ0v) is 19.6. The Bertz CT molecular complexity index is 1590. The normalized spacial score (nSPS) is 17.2.